The summed E-state index contributed by atoms with van der Waals surface area (Å²) < 4.78 is 32.6. The number of nitriles is 1. The van der Waals surface area contributed by atoms with E-state index in [1.165, 1.54) is 16.4 Å². The molecule has 3 rings (SSSR count). The Kier molecular flexibility index (Phi) is 5.57. The minimum Gasteiger partial charge on any atom is -0.496 e. The molecule has 1 fully saturated rings. The topological polar surface area (TPSA) is 73.6 Å². The molecule has 1 heterocycles. The fourth-order valence-electron chi connectivity index (χ4n) is 3.13. The fraction of sp³-hybridized carbons (Fsp3) is 0.316. The molecule has 2 aromatic rings. The SMILES string of the molecule is COc1ccccc1CN1CCN(S(=O)(=O)c2ccccc2C#N)CC1. The number of rotatable bonds is 5. The molecule has 136 valence electrons. The van der Waals surface area contributed by atoms with Crippen LogP contribution >= 0.6 is 0 Å². The van der Waals surface area contributed by atoms with Gasteiger partial charge in [0.25, 0.3) is 0 Å². The van der Waals surface area contributed by atoms with E-state index in [4.69, 9.17) is 4.74 Å². The van der Waals surface area contributed by atoms with Crippen LogP contribution in [0.5, 0.6) is 5.75 Å². The van der Waals surface area contributed by atoms with E-state index in [9.17, 15) is 13.7 Å². The third-order valence-electron chi connectivity index (χ3n) is 4.54. The summed E-state index contributed by atoms with van der Waals surface area (Å²) in [5.74, 6) is 0.838. The van der Waals surface area contributed by atoms with Gasteiger partial charge in [-0.05, 0) is 18.2 Å². The molecule has 0 spiro atoms. The third-order valence-corrected chi connectivity index (χ3v) is 6.50. The Morgan fingerprint density at radius 2 is 1.69 bits per heavy atom. The van der Waals surface area contributed by atoms with Gasteiger partial charge in [0, 0.05) is 38.3 Å². The second kappa shape index (κ2) is 7.87. The number of methoxy groups -OCH3 is 1. The van der Waals surface area contributed by atoms with Gasteiger partial charge in [0.1, 0.15) is 11.8 Å². The largest absolute Gasteiger partial charge is 0.496 e. The summed E-state index contributed by atoms with van der Waals surface area (Å²) in [7, 11) is -2.01. The van der Waals surface area contributed by atoms with E-state index in [0.29, 0.717) is 32.7 Å². The zero-order valence-electron chi connectivity index (χ0n) is 14.6. The van der Waals surface area contributed by atoms with Crippen LogP contribution in [0.1, 0.15) is 11.1 Å². The molecule has 0 aromatic heterocycles. The lowest BCUT2D eigenvalue weighted by Gasteiger charge is -2.34. The summed E-state index contributed by atoms with van der Waals surface area (Å²) in [5, 5.41) is 9.18. The zero-order valence-corrected chi connectivity index (χ0v) is 15.4. The normalized spacial score (nSPS) is 16.2. The lowest BCUT2D eigenvalue weighted by Crippen LogP contribution is -2.48. The standard InChI is InChI=1S/C19H21N3O3S/c1-25-18-8-4-2-7-17(18)15-21-10-12-22(13-11-21)26(23,24)19-9-5-3-6-16(19)14-20/h2-9H,10-13,15H2,1H3. The first kappa shape index (κ1) is 18.4. The average molecular weight is 371 g/mol. The van der Waals surface area contributed by atoms with Crippen molar-refractivity contribution in [1.29, 1.82) is 5.26 Å². The number of benzene rings is 2. The first-order valence-corrected chi connectivity index (χ1v) is 9.84. The molecule has 0 radical (unpaired) electrons. The summed E-state index contributed by atoms with van der Waals surface area (Å²) in [4.78, 5) is 2.29. The Balaban J connectivity index is 1.69. The van der Waals surface area contributed by atoms with Gasteiger partial charge < -0.3 is 4.74 Å². The van der Waals surface area contributed by atoms with Crippen molar-refractivity contribution in [1.82, 2.24) is 9.21 Å². The van der Waals surface area contributed by atoms with Crippen molar-refractivity contribution in [3.8, 4) is 11.8 Å². The van der Waals surface area contributed by atoms with Crippen LogP contribution in [0, 0.1) is 11.3 Å². The molecule has 0 saturated carbocycles. The van der Waals surface area contributed by atoms with Crippen molar-refractivity contribution in [2.24, 2.45) is 0 Å². The number of piperazine rings is 1. The summed E-state index contributed by atoms with van der Waals surface area (Å²) in [6.07, 6.45) is 0. The number of hydrogen-bond acceptors (Lipinski definition) is 5. The smallest absolute Gasteiger partial charge is 0.244 e. The quantitative estimate of drug-likeness (QED) is 0.804. The Morgan fingerprint density at radius 1 is 1.04 bits per heavy atom. The van der Waals surface area contributed by atoms with Crippen LogP contribution < -0.4 is 4.74 Å². The predicted molar refractivity (Wildman–Crippen MR) is 98.2 cm³/mol. The summed E-state index contributed by atoms with van der Waals surface area (Å²) in [5.41, 5.74) is 1.27. The molecule has 26 heavy (non-hydrogen) atoms. The molecule has 0 unspecified atom stereocenters. The van der Waals surface area contributed by atoms with Crippen LogP contribution in [0.15, 0.2) is 53.4 Å². The molecular formula is C19H21N3O3S. The van der Waals surface area contributed by atoms with Gasteiger partial charge in [-0.15, -0.1) is 0 Å². The van der Waals surface area contributed by atoms with Gasteiger partial charge in [0.2, 0.25) is 10.0 Å². The number of hydrogen-bond donors (Lipinski definition) is 0. The van der Waals surface area contributed by atoms with Crippen LogP contribution in [0.25, 0.3) is 0 Å². The maximum Gasteiger partial charge on any atom is 0.244 e. The highest BCUT2D eigenvalue weighted by atomic mass is 32.2. The Bertz CT molecular complexity index is 914. The van der Waals surface area contributed by atoms with E-state index in [-0.39, 0.29) is 10.5 Å². The lowest BCUT2D eigenvalue weighted by atomic mass is 10.2. The molecule has 0 N–H and O–H groups in total. The maximum absolute atomic E-state index is 12.9. The van der Waals surface area contributed by atoms with Gasteiger partial charge in [0.15, 0.2) is 0 Å². The summed E-state index contributed by atoms with van der Waals surface area (Å²) in [6.45, 7) is 2.78. The fourth-order valence-corrected chi connectivity index (χ4v) is 4.69. The minimum absolute atomic E-state index is 0.0840. The van der Waals surface area contributed by atoms with E-state index >= 15 is 0 Å². The monoisotopic (exact) mass is 371 g/mol. The summed E-state index contributed by atoms with van der Waals surface area (Å²) >= 11 is 0. The first-order valence-electron chi connectivity index (χ1n) is 8.40. The molecule has 1 saturated heterocycles. The number of para-hydroxylation sites is 1. The number of ether oxygens (including phenoxy) is 1. The number of sulfonamides is 1. The van der Waals surface area contributed by atoms with Crippen molar-refractivity contribution >= 4 is 10.0 Å². The molecule has 0 aliphatic carbocycles. The van der Waals surface area contributed by atoms with Gasteiger partial charge in [-0.2, -0.15) is 9.57 Å². The van der Waals surface area contributed by atoms with Crippen LogP contribution in [0.2, 0.25) is 0 Å². The first-order chi connectivity index (χ1) is 12.6. The molecule has 0 atom stereocenters. The molecule has 6 nitrogen and oxygen atoms in total. The molecule has 2 aromatic carbocycles. The van der Waals surface area contributed by atoms with E-state index in [0.717, 1.165) is 11.3 Å². The van der Waals surface area contributed by atoms with Crippen LogP contribution in [-0.2, 0) is 16.6 Å². The Labute approximate surface area is 154 Å². The second-order valence-corrected chi connectivity index (χ2v) is 8.01. The van der Waals surface area contributed by atoms with Gasteiger partial charge in [-0.1, -0.05) is 30.3 Å². The Hall–Kier alpha value is -2.40. The predicted octanol–water partition coefficient (Wildman–Crippen LogP) is 2.07. The van der Waals surface area contributed by atoms with Gasteiger partial charge in [0.05, 0.1) is 17.6 Å². The van der Waals surface area contributed by atoms with Crippen molar-refractivity contribution in [2.45, 2.75) is 11.4 Å². The molecule has 0 bridgehead atoms. The highest BCUT2D eigenvalue weighted by molar-refractivity contribution is 7.89. The van der Waals surface area contributed by atoms with Gasteiger partial charge >= 0.3 is 0 Å². The van der Waals surface area contributed by atoms with E-state index in [1.807, 2.05) is 30.3 Å². The second-order valence-electron chi connectivity index (χ2n) is 6.10. The van der Waals surface area contributed by atoms with Crippen LogP contribution in [-0.4, -0.2) is 50.9 Å². The molecular weight excluding hydrogens is 350 g/mol. The Morgan fingerprint density at radius 3 is 2.38 bits per heavy atom. The molecule has 1 aliphatic rings. The van der Waals surface area contributed by atoms with E-state index in [2.05, 4.69) is 4.90 Å². The summed E-state index contributed by atoms with van der Waals surface area (Å²) in [6, 6.07) is 16.2. The van der Waals surface area contributed by atoms with Crippen LogP contribution in [0.4, 0.5) is 0 Å². The number of nitrogens with zero attached hydrogens (tertiary/aromatic N) is 3. The molecule has 7 heteroatoms. The van der Waals surface area contributed by atoms with E-state index < -0.39 is 10.0 Å². The highest BCUT2D eigenvalue weighted by Crippen LogP contribution is 2.23. The average Bonchev–Trinajstić information content (AvgIpc) is 2.68. The van der Waals surface area contributed by atoms with E-state index in [1.54, 1.807) is 19.2 Å². The van der Waals surface area contributed by atoms with Crippen LogP contribution in [0.3, 0.4) is 0 Å². The van der Waals surface area contributed by atoms with Crippen molar-refractivity contribution in [3.63, 3.8) is 0 Å². The molecule has 0 amide bonds. The van der Waals surface area contributed by atoms with Gasteiger partial charge in [-0.25, -0.2) is 8.42 Å². The third kappa shape index (κ3) is 3.73. The van der Waals surface area contributed by atoms with Crippen molar-refractivity contribution in [3.05, 3.63) is 59.7 Å². The van der Waals surface area contributed by atoms with Crippen molar-refractivity contribution in [2.75, 3.05) is 33.3 Å². The highest BCUT2D eigenvalue weighted by Gasteiger charge is 2.30. The minimum atomic E-state index is -3.65. The molecule has 1 aliphatic heterocycles. The lowest BCUT2D eigenvalue weighted by molar-refractivity contribution is 0.180. The van der Waals surface area contributed by atoms with Gasteiger partial charge in [-0.3, -0.25) is 4.90 Å². The van der Waals surface area contributed by atoms with Crippen molar-refractivity contribution < 1.29 is 13.2 Å². The maximum atomic E-state index is 12.9. The zero-order chi connectivity index (χ0) is 18.6.